The number of alkyl halides is 3. The number of rotatable bonds is 3. The van der Waals surface area contributed by atoms with Crippen LogP contribution in [-0.4, -0.2) is 63.7 Å². The average molecular weight is 435 g/mol. The fourth-order valence-corrected chi connectivity index (χ4v) is 4.05. The van der Waals surface area contributed by atoms with Gasteiger partial charge in [-0.3, -0.25) is 4.79 Å². The second kappa shape index (κ2) is 8.19. The highest BCUT2D eigenvalue weighted by Gasteiger charge is 2.31. The van der Waals surface area contributed by atoms with Crippen LogP contribution in [0.25, 0.3) is 16.4 Å². The van der Waals surface area contributed by atoms with E-state index in [1.165, 1.54) is 28.2 Å². The molecule has 1 fully saturated rings. The van der Waals surface area contributed by atoms with Gasteiger partial charge in [-0.25, -0.2) is 9.67 Å². The first-order chi connectivity index (χ1) is 14.3. The first-order valence-electron chi connectivity index (χ1n) is 9.49. The normalized spacial score (nSPS) is 15.9. The van der Waals surface area contributed by atoms with Crippen molar-refractivity contribution in [1.29, 1.82) is 0 Å². The zero-order chi connectivity index (χ0) is 21.3. The lowest BCUT2D eigenvalue weighted by Crippen LogP contribution is -2.35. The molecule has 0 radical (unpaired) electrons. The van der Waals surface area contributed by atoms with Gasteiger partial charge in [-0.15, -0.1) is 16.4 Å². The number of aromatic nitrogens is 3. The van der Waals surface area contributed by atoms with Crippen molar-refractivity contribution in [3.8, 4) is 16.4 Å². The standard InChI is InChI=1S/C20H20F3N5OS/c1-26-8-4-9-27(11-10-26)19(29)17-24-18(16-7-3-12-30-16)28(25-17)15-6-2-5-14(13-15)20(21,22)23/h2-3,5-7,12-13H,4,8-11H2,1H3. The van der Waals surface area contributed by atoms with E-state index < -0.39 is 11.7 Å². The van der Waals surface area contributed by atoms with Crippen molar-refractivity contribution >= 4 is 17.2 Å². The molecule has 0 saturated carbocycles. The van der Waals surface area contributed by atoms with Crippen molar-refractivity contribution in [2.24, 2.45) is 0 Å². The monoisotopic (exact) mass is 435 g/mol. The number of thiophene rings is 1. The highest BCUT2D eigenvalue weighted by atomic mass is 32.1. The molecule has 1 aliphatic rings. The van der Waals surface area contributed by atoms with Gasteiger partial charge in [-0.2, -0.15) is 13.2 Å². The molecule has 0 bridgehead atoms. The molecular formula is C20H20F3N5OS. The van der Waals surface area contributed by atoms with E-state index in [4.69, 9.17) is 0 Å². The highest BCUT2D eigenvalue weighted by Crippen LogP contribution is 2.32. The van der Waals surface area contributed by atoms with Gasteiger partial charge in [-0.05, 0) is 49.7 Å². The summed E-state index contributed by atoms with van der Waals surface area (Å²) in [6.45, 7) is 2.80. The zero-order valence-corrected chi connectivity index (χ0v) is 17.1. The predicted molar refractivity (Wildman–Crippen MR) is 108 cm³/mol. The van der Waals surface area contributed by atoms with Crippen LogP contribution in [0, 0.1) is 0 Å². The summed E-state index contributed by atoms with van der Waals surface area (Å²) in [5, 5.41) is 6.16. The Kier molecular flexibility index (Phi) is 5.61. The number of nitrogens with zero attached hydrogens (tertiary/aromatic N) is 5. The van der Waals surface area contributed by atoms with Crippen LogP contribution in [-0.2, 0) is 6.18 Å². The van der Waals surface area contributed by atoms with E-state index in [1.54, 1.807) is 11.0 Å². The number of carbonyl (C=O) groups excluding carboxylic acids is 1. The summed E-state index contributed by atoms with van der Waals surface area (Å²) >= 11 is 1.38. The molecule has 0 N–H and O–H groups in total. The molecule has 1 saturated heterocycles. The molecule has 6 nitrogen and oxygen atoms in total. The van der Waals surface area contributed by atoms with Crippen LogP contribution in [0.15, 0.2) is 41.8 Å². The van der Waals surface area contributed by atoms with Crippen molar-refractivity contribution < 1.29 is 18.0 Å². The second-order valence-electron chi connectivity index (χ2n) is 7.15. The van der Waals surface area contributed by atoms with Crippen LogP contribution in [0.4, 0.5) is 13.2 Å². The number of hydrogen-bond acceptors (Lipinski definition) is 5. The zero-order valence-electron chi connectivity index (χ0n) is 16.3. The van der Waals surface area contributed by atoms with Crippen molar-refractivity contribution in [2.75, 3.05) is 33.2 Å². The molecule has 2 aromatic heterocycles. The minimum atomic E-state index is -4.48. The highest BCUT2D eigenvalue weighted by molar-refractivity contribution is 7.13. The molecule has 3 aromatic rings. The average Bonchev–Trinajstić information content (AvgIpc) is 3.34. The summed E-state index contributed by atoms with van der Waals surface area (Å²) in [4.78, 5) is 22.0. The van der Waals surface area contributed by atoms with E-state index in [9.17, 15) is 18.0 Å². The molecule has 30 heavy (non-hydrogen) atoms. The van der Waals surface area contributed by atoms with Crippen LogP contribution in [0.1, 0.15) is 22.6 Å². The van der Waals surface area contributed by atoms with Crippen molar-refractivity contribution in [3.05, 3.63) is 53.2 Å². The van der Waals surface area contributed by atoms with Gasteiger partial charge in [0.25, 0.3) is 5.91 Å². The third-order valence-electron chi connectivity index (χ3n) is 4.96. The number of carbonyl (C=O) groups is 1. The molecule has 0 spiro atoms. The molecule has 1 aliphatic heterocycles. The Labute approximate surface area is 175 Å². The summed E-state index contributed by atoms with van der Waals surface area (Å²) in [5.74, 6) is 0.0220. The largest absolute Gasteiger partial charge is 0.416 e. The van der Waals surface area contributed by atoms with Gasteiger partial charge < -0.3 is 9.80 Å². The third kappa shape index (κ3) is 4.24. The Morgan fingerprint density at radius 3 is 2.67 bits per heavy atom. The van der Waals surface area contributed by atoms with E-state index in [0.717, 1.165) is 36.5 Å². The Bertz CT molecular complexity index is 1030. The third-order valence-corrected chi connectivity index (χ3v) is 5.83. The van der Waals surface area contributed by atoms with Gasteiger partial charge >= 0.3 is 6.18 Å². The van der Waals surface area contributed by atoms with Gasteiger partial charge in [0.15, 0.2) is 5.82 Å². The van der Waals surface area contributed by atoms with Crippen LogP contribution >= 0.6 is 11.3 Å². The predicted octanol–water partition coefficient (Wildman–Crippen LogP) is 3.79. The van der Waals surface area contributed by atoms with Crippen LogP contribution in [0.3, 0.4) is 0 Å². The fourth-order valence-electron chi connectivity index (χ4n) is 3.35. The fraction of sp³-hybridized carbons (Fsp3) is 0.350. The van der Waals surface area contributed by atoms with Crippen molar-refractivity contribution in [2.45, 2.75) is 12.6 Å². The molecule has 158 valence electrons. The Balaban J connectivity index is 1.74. The van der Waals surface area contributed by atoms with Gasteiger partial charge in [0, 0.05) is 19.6 Å². The van der Waals surface area contributed by atoms with Gasteiger partial charge in [-0.1, -0.05) is 12.1 Å². The number of likely N-dealkylation sites (N-methyl/N-ethyl adjacent to an activating group) is 1. The summed E-state index contributed by atoms with van der Waals surface area (Å²) in [6.07, 6.45) is -3.63. The smallest absolute Gasteiger partial charge is 0.335 e. The van der Waals surface area contributed by atoms with E-state index in [1.807, 2.05) is 18.5 Å². The Morgan fingerprint density at radius 2 is 1.93 bits per heavy atom. The summed E-state index contributed by atoms with van der Waals surface area (Å²) in [6, 6.07) is 8.48. The minimum Gasteiger partial charge on any atom is -0.335 e. The van der Waals surface area contributed by atoms with Gasteiger partial charge in [0.2, 0.25) is 5.82 Å². The van der Waals surface area contributed by atoms with E-state index in [2.05, 4.69) is 15.0 Å². The van der Waals surface area contributed by atoms with Crippen LogP contribution in [0.2, 0.25) is 0 Å². The van der Waals surface area contributed by atoms with Gasteiger partial charge in [0.1, 0.15) is 0 Å². The van der Waals surface area contributed by atoms with E-state index in [0.29, 0.717) is 18.9 Å². The quantitative estimate of drug-likeness (QED) is 0.628. The molecule has 4 rings (SSSR count). The number of hydrogen-bond donors (Lipinski definition) is 0. The first kappa shape index (κ1) is 20.5. The summed E-state index contributed by atoms with van der Waals surface area (Å²) < 4.78 is 40.9. The molecule has 0 unspecified atom stereocenters. The lowest BCUT2D eigenvalue weighted by molar-refractivity contribution is -0.137. The van der Waals surface area contributed by atoms with Crippen LogP contribution < -0.4 is 0 Å². The summed E-state index contributed by atoms with van der Waals surface area (Å²) in [5.41, 5.74) is -0.577. The molecular weight excluding hydrogens is 415 g/mol. The lowest BCUT2D eigenvalue weighted by Gasteiger charge is -2.18. The molecule has 3 heterocycles. The number of amides is 1. The topological polar surface area (TPSA) is 54.3 Å². The minimum absolute atomic E-state index is 0.0136. The summed E-state index contributed by atoms with van der Waals surface area (Å²) in [7, 11) is 2.00. The van der Waals surface area contributed by atoms with E-state index in [-0.39, 0.29) is 17.4 Å². The molecule has 1 amide bonds. The van der Waals surface area contributed by atoms with Crippen molar-refractivity contribution in [3.63, 3.8) is 0 Å². The van der Waals surface area contributed by atoms with Gasteiger partial charge in [0.05, 0.1) is 16.1 Å². The Hall–Kier alpha value is -2.72. The lowest BCUT2D eigenvalue weighted by atomic mass is 10.2. The maximum atomic E-state index is 13.2. The molecule has 10 heteroatoms. The molecule has 0 aliphatic carbocycles. The number of halogens is 3. The molecule has 1 aromatic carbocycles. The number of benzene rings is 1. The second-order valence-corrected chi connectivity index (χ2v) is 8.09. The Morgan fingerprint density at radius 1 is 1.10 bits per heavy atom. The molecule has 0 atom stereocenters. The first-order valence-corrected chi connectivity index (χ1v) is 10.4. The maximum absolute atomic E-state index is 13.2. The van der Waals surface area contributed by atoms with Crippen molar-refractivity contribution in [1.82, 2.24) is 24.6 Å². The van der Waals surface area contributed by atoms with E-state index >= 15 is 0 Å². The SMILES string of the molecule is CN1CCCN(C(=O)c2nc(-c3cccs3)n(-c3cccc(C(F)(F)F)c3)n2)CC1. The maximum Gasteiger partial charge on any atom is 0.416 e. The van der Waals surface area contributed by atoms with Crippen LogP contribution in [0.5, 0.6) is 0 Å².